The van der Waals surface area contributed by atoms with Crippen molar-refractivity contribution in [3.8, 4) is 0 Å². The third-order valence-corrected chi connectivity index (χ3v) is 6.47. The summed E-state index contributed by atoms with van der Waals surface area (Å²) < 4.78 is 26.2. The number of morpholine rings is 1. The minimum absolute atomic E-state index is 0.0448. The summed E-state index contributed by atoms with van der Waals surface area (Å²) in [6, 6.07) is 2.22. The molecule has 1 aromatic rings. The fraction of sp³-hybridized carbons (Fsp3) is 0.789. The van der Waals surface area contributed by atoms with E-state index in [1.54, 1.807) is 6.33 Å². The number of alkyl halides is 1. The molecule has 2 saturated carbocycles. The van der Waals surface area contributed by atoms with Crippen LogP contribution in [0.4, 0.5) is 10.2 Å². The number of hydrazine groups is 1. The van der Waals surface area contributed by atoms with Crippen molar-refractivity contribution in [2.75, 3.05) is 31.2 Å². The van der Waals surface area contributed by atoms with Gasteiger partial charge in [-0.2, -0.15) is 0 Å². The Kier molecular flexibility index (Phi) is 4.54. The standard InChI is InChI=1S/C19H28FN5O2/c1-19(2-3-19)27-16-8-12-14(9-13(16)20)23-24-18(12)15-10-17(22-11-21-15)25-4-6-26-7-5-25/h10-14,16,18,23-24H,2-9H2,1H3. The van der Waals surface area contributed by atoms with Crippen molar-refractivity contribution in [2.24, 2.45) is 5.92 Å². The zero-order valence-electron chi connectivity index (χ0n) is 15.7. The van der Waals surface area contributed by atoms with E-state index in [-0.39, 0.29) is 29.7 Å². The summed E-state index contributed by atoms with van der Waals surface area (Å²) in [7, 11) is 0. The highest BCUT2D eigenvalue weighted by molar-refractivity contribution is 5.40. The summed E-state index contributed by atoms with van der Waals surface area (Å²) >= 11 is 0. The fourth-order valence-electron chi connectivity index (χ4n) is 4.56. The van der Waals surface area contributed by atoms with E-state index < -0.39 is 6.17 Å². The third-order valence-electron chi connectivity index (χ3n) is 6.47. The van der Waals surface area contributed by atoms with Crippen molar-refractivity contribution in [2.45, 2.75) is 62.6 Å². The molecule has 4 aliphatic rings. The lowest BCUT2D eigenvalue weighted by Gasteiger charge is -2.37. The van der Waals surface area contributed by atoms with Gasteiger partial charge in [-0.1, -0.05) is 0 Å². The zero-order valence-corrected chi connectivity index (χ0v) is 15.7. The van der Waals surface area contributed by atoms with Crippen molar-refractivity contribution in [1.82, 2.24) is 20.8 Å². The smallest absolute Gasteiger partial charge is 0.132 e. The lowest BCUT2D eigenvalue weighted by molar-refractivity contribution is -0.0886. The molecule has 4 fully saturated rings. The number of nitrogens with one attached hydrogen (secondary N) is 2. The molecule has 0 spiro atoms. The lowest BCUT2D eigenvalue weighted by atomic mass is 9.78. The van der Waals surface area contributed by atoms with Gasteiger partial charge in [0.25, 0.3) is 0 Å². The summed E-state index contributed by atoms with van der Waals surface area (Å²) in [4.78, 5) is 11.2. The SMILES string of the molecule is CC1(OC2CC3C(CC2F)NNC3c2cc(N3CCOCC3)ncn2)CC1. The Hall–Kier alpha value is -1.35. The second-order valence-corrected chi connectivity index (χ2v) is 8.53. The number of rotatable bonds is 4. The largest absolute Gasteiger partial charge is 0.378 e. The highest BCUT2D eigenvalue weighted by Gasteiger charge is 2.50. The molecule has 7 nitrogen and oxygen atoms in total. The first-order valence-electron chi connectivity index (χ1n) is 10.1. The topological polar surface area (TPSA) is 71.5 Å². The van der Waals surface area contributed by atoms with Gasteiger partial charge in [0.05, 0.1) is 36.7 Å². The van der Waals surface area contributed by atoms with Crippen LogP contribution in [0, 0.1) is 5.92 Å². The van der Waals surface area contributed by atoms with E-state index in [1.807, 2.05) is 0 Å². The van der Waals surface area contributed by atoms with E-state index in [0.29, 0.717) is 12.8 Å². The molecule has 27 heavy (non-hydrogen) atoms. The molecule has 5 atom stereocenters. The van der Waals surface area contributed by atoms with Crippen molar-refractivity contribution in [3.05, 3.63) is 18.1 Å². The summed E-state index contributed by atoms with van der Waals surface area (Å²) in [6.45, 7) is 5.23. The van der Waals surface area contributed by atoms with E-state index in [2.05, 4.69) is 38.7 Å². The third kappa shape index (κ3) is 3.55. The first-order chi connectivity index (χ1) is 13.1. The van der Waals surface area contributed by atoms with Gasteiger partial charge < -0.3 is 14.4 Å². The number of hydrogen-bond acceptors (Lipinski definition) is 7. The van der Waals surface area contributed by atoms with E-state index in [9.17, 15) is 4.39 Å². The van der Waals surface area contributed by atoms with Gasteiger partial charge in [-0.05, 0) is 32.6 Å². The molecule has 2 N–H and O–H groups in total. The van der Waals surface area contributed by atoms with Crippen molar-refractivity contribution in [3.63, 3.8) is 0 Å². The highest BCUT2D eigenvalue weighted by Crippen LogP contribution is 2.45. The average Bonchev–Trinajstić information content (AvgIpc) is 3.28. The maximum atomic E-state index is 14.6. The number of halogens is 1. The molecule has 0 amide bonds. The van der Waals surface area contributed by atoms with Crippen LogP contribution in [0.15, 0.2) is 12.4 Å². The summed E-state index contributed by atoms with van der Waals surface area (Å²) in [5.74, 6) is 1.20. The fourth-order valence-corrected chi connectivity index (χ4v) is 4.56. The van der Waals surface area contributed by atoms with Gasteiger partial charge in [-0.15, -0.1) is 0 Å². The molecule has 1 aromatic heterocycles. The van der Waals surface area contributed by atoms with E-state index in [0.717, 1.165) is 50.7 Å². The van der Waals surface area contributed by atoms with E-state index in [4.69, 9.17) is 9.47 Å². The predicted octanol–water partition coefficient (Wildman–Crippen LogP) is 1.52. The Morgan fingerprint density at radius 1 is 1.22 bits per heavy atom. The maximum Gasteiger partial charge on any atom is 0.132 e. The van der Waals surface area contributed by atoms with Gasteiger partial charge >= 0.3 is 0 Å². The van der Waals surface area contributed by atoms with Crippen molar-refractivity contribution < 1.29 is 13.9 Å². The van der Waals surface area contributed by atoms with Crippen LogP contribution in [0.5, 0.6) is 0 Å². The van der Waals surface area contributed by atoms with Gasteiger partial charge in [0.1, 0.15) is 18.3 Å². The van der Waals surface area contributed by atoms with E-state index in [1.165, 1.54) is 0 Å². The van der Waals surface area contributed by atoms with E-state index >= 15 is 0 Å². The van der Waals surface area contributed by atoms with Crippen LogP contribution in [0.1, 0.15) is 44.3 Å². The van der Waals surface area contributed by atoms with Gasteiger partial charge in [0, 0.05) is 31.1 Å². The molecule has 148 valence electrons. The second kappa shape index (κ2) is 6.92. The highest BCUT2D eigenvalue weighted by atomic mass is 19.1. The molecular formula is C19H28FN5O2. The van der Waals surface area contributed by atoms with Crippen LogP contribution in [0.25, 0.3) is 0 Å². The Bertz CT molecular complexity index is 682. The Morgan fingerprint density at radius 2 is 2.04 bits per heavy atom. The quantitative estimate of drug-likeness (QED) is 0.824. The lowest BCUT2D eigenvalue weighted by Crippen LogP contribution is -2.45. The molecule has 2 aliphatic heterocycles. The number of ether oxygens (including phenoxy) is 2. The van der Waals surface area contributed by atoms with Gasteiger partial charge in [-0.3, -0.25) is 5.43 Å². The van der Waals surface area contributed by atoms with Crippen LogP contribution in [0.3, 0.4) is 0 Å². The number of fused-ring (bicyclic) bond motifs is 1. The molecule has 2 saturated heterocycles. The summed E-state index contributed by atoms with van der Waals surface area (Å²) in [5, 5.41) is 0. The maximum absolute atomic E-state index is 14.6. The summed E-state index contributed by atoms with van der Waals surface area (Å²) in [5.41, 5.74) is 7.51. The molecule has 0 aromatic carbocycles. The van der Waals surface area contributed by atoms with Crippen molar-refractivity contribution in [1.29, 1.82) is 0 Å². The molecule has 0 radical (unpaired) electrons. The molecule has 3 heterocycles. The van der Waals surface area contributed by atoms with Gasteiger partial charge in [-0.25, -0.2) is 19.8 Å². The minimum Gasteiger partial charge on any atom is -0.378 e. The Morgan fingerprint density at radius 3 is 2.81 bits per heavy atom. The van der Waals surface area contributed by atoms with Gasteiger partial charge in [0.15, 0.2) is 0 Å². The number of anilines is 1. The first kappa shape index (κ1) is 17.7. The normalized spacial score (nSPS) is 37.9. The minimum atomic E-state index is -0.911. The molecule has 5 rings (SSSR count). The van der Waals surface area contributed by atoms with Crippen LogP contribution in [0.2, 0.25) is 0 Å². The van der Waals surface area contributed by atoms with Crippen molar-refractivity contribution >= 4 is 5.82 Å². The monoisotopic (exact) mass is 377 g/mol. The van der Waals surface area contributed by atoms with Gasteiger partial charge in [0.2, 0.25) is 0 Å². The van der Waals surface area contributed by atoms with Crippen LogP contribution in [-0.4, -0.2) is 60.2 Å². The number of nitrogens with zero attached hydrogens (tertiary/aromatic N) is 3. The number of hydrogen-bond donors (Lipinski definition) is 2. The Labute approximate surface area is 159 Å². The number of aromatic nitrogens is 2. The van der Waals surface area contributed by atoms with Crippen LogP contribution >= 0.6 is 0 Å². The zero-order chi connectivity index (χ0) is 18.4. The predicted molar refractivity (Wildman–Crippen MR) is 98.0 cm³/mol. The first-order valence-corrected chi connectivity index (χ1v) is 10.1. The molecule has 5 unspecified atom stereocenters. The van der Waals surface area contributed by atoms with Crippen LogP contribution < -0.4 is 15.8 Å². The molecule has 2 aliphatic carbocycles. The second-order valence-electron chi connectivity index (χ2n) is 8.53. The van der Waals surface area contributed by atoms with Crippen LogP contribution in [-0.2, 0) is 9.47 Å². The summed E-state index contributed by atoms with van der Waals surface area (Å²) in [6.07, 6.45) is 3.68. The Balaban J connectivity index is 1.33. The average molecular weight is 377 g/mol. The molecule has 0 bridgehead atoms. The molecular weight excluding hydrogens is 349 g/mol. The molecule has 8 heteroatoms.